The largest absolute Gasteiger partial charge is 0.385 e. The smallest absolute Gasteiger partial charge is 0.260 e. The zero-order valence-corrected chi connectivity index (χ0v) is 13.0. The van der Waals surface area contributed by atoms with Crippen LogP contribution in [-0.2, 0) is 19.2 Å². The number of oxime groups is 1. The summed E-state index contributed by atoms with van der Waals surface area (Å²) in [7, 11) is 1.56. The highest BCUT2D eigenvalue weighted by Crippen LogP contribution is 2.10. The van der Waals surface area contributed by atoms with Gasteiger partial charge in [0.15, 0.2) is 6.61 Å². The molecule has 1 aromatic carbocycles. The van der Waals surface area contributed by atoms with Gasteiger partial charge in [-0.3, -0.25) is 9.59 Å². The van der Waals surface area contributed by atoms with Crippen LogP contribution in [0.15, 0.2) is 29.4 Å². The van der Waals surface area contributed by atoms with Crippen LogP contribution >= 0.6 is 0 Å². The van der Waals surface area contributed by atoms with Gasteiger partial charge in [-0.2, -0.15) is 0 Å². The average Bonchev–Trinajstić information content (AvgIpc) is 2.47. The lowest BCUT2D eigenvalue weighted by Crippen LogP contribution is -2.30. The van der Waals surface area contributed by atoms with E-state index in [9.17, 15) is 9.59 Å². The number of hydrogen-bond acceptors (Lipinski definition) is 5. The van der Waals surface area contributed by atoms with Crippen molar-refractivity contribution in [2.75, 3.05) is 32.2 Å². The van der Waals surface area contributed by atoms with E-state index in [0.29, 0.717) is 24.6 Å². The van der Waals surface area contributed by atoms with E-state index in [0.717, 1.165) is 5.56 Å². The molecule has 2 amide bonds. The summed E-state index contributed by atoms with van der Waals surface area (Å²) < 4.78 is 4.82. The van der Waals surface area contributed by atoms with Crippen molar-refractivity contribution < 1.29 is 19.2 Å². The first kappa shape index (κ1) is 17.6. The van der Waals surface area contributed by atoms with Crippen molar-refractivity contribution >= 4 is 23.2 Å². The predicted octanol–water partition coefficient (Wildman–Crippen LogP) is 1.15. The van der Waals surface area contributed by atoms with Crippen molar-refractivity contribution in [2.24, 2.45) is 5.16 Å². The molecule has 1 rings (SSSR count). The maximum atomic E-state index is 11.4. The highest BCUT2D eigenvalue weighted by Gasteiger charge is 2.02. The molecule has 120 valence electrons. The van der Waals surface area contributed by atoms with E-state index >= 15 is 0 Å². The Bertz CT molecular complexity index is 526. The Balaban J connectivity index is 2.44. The molecule has 0 saturated heterocycles. The molecular weight excluding hydrogens is 286 g/mol. The Labute approximate surface area is 129 Å². The highest BCUT2D eigenvalue weighted by molar-refractivity contribution is 5.99. The molecule has 0 bridgehead atoms. The molecule has 0 atom stereocenters. The van der Waals surface area contributed by atoms with E-state index in [1.54, 1.807) is 26.2 Å². The zero-order valence-electron chi connectivity index (χ0n) is 13.0. The van der Waals surface area contributed by atoms with Crippen LogP contribution in [0.5, 0.6) is 0 Å². The fraction of sp³-hybridized carbons (Fsp3) is 0.400. The van der Waals surface area contributed by atoms with Crippen LogP contribution in [0.4, 0.5) is 5.69 Å². The molecule has 22 heavy (non-hydrogen) atoms. The molecule has 0 unspecified atom stereocenters. The number of benzene rings is 1. The van der Waals surface area contributed by atoms with Crippen LogP contribution < -0.4 is 10.6 Å². The minimum absolute atomic E-state index is 0.124. The second-order valence-electron chi connectivity index (χ2n) is 4.55. The molecule has 1 aromatic rings. The third-order valence-corrected chi connectivity index (χ3v) is 2.65. The molecule has 0 radical (unpaired) electrons. The van der Waals surface area contributed by atoms with E-state index in [1.807, 2.05) is 12.1 Å². The molecule has 0 heterocycles. The fourth-order valence-corrected chi connectivity index (χ4v) is 1.58. The van der Waals surface area contributed by atoms with Crippen molar-refractivity contribution in [3.05, 3.63) is 29.8 Å². The Hall–Kier alpha value is -2.41. The van der Waals surface area contributed by atoms with Gasteiger partial charge in [-0.15, -0.1) is 0 Å². The van der Waals surface area contributed by atoms with Crippen LogP contribution in [0.2, 0.25) is 0 Å². The molecule has 0 aliphatic heterocycles. The minimum Gasteiger partial charge on any atom is -0.385 e. The quantitative estimate of drug-likeness (QED) is 0.428. The first-order valence-corrected chi connectivity index (χ1v) is 6.83. The minimum atomic E-state index is -0.255. The summed E-state index contributed by atoms with van der Waals surface area (Å²) in [5.74, 6) is -0.379. The average molecular weight is 307 g/mol. The second kappa shape index (κ2) is 9.51. The Morgan fingerprint density at radius 3 is 2.45 bits per heavy atom. The lowest BCUT2D eigenvalue weighted by Gasteiger charge is -2.05. The normalized spacial score (nSPS) is 11.0. The van der Waals surface area contributed by atoms with Crippen LogP contribution in [0.1, 0.15) is 19.4 Å². The van der Waals surface area contributed by atoms with Gasteiger partial charge in [0.2, 0.25) is 5.91 Å². The SMILES string of the molecule is COCCNC(=O)CO/N=C(\C)c1ccc(NC(C)=O)cc1. The van der Waals surface area contributed by atoms with Gasteiger partial charge < -0.3 is 20.2 Å². The topological polar surface area (TPSA) is 89.0 Å². The molecule has 0 saturated carbocycles. The van der Waals surface area contributed by atoms with E-state index in [2.05, 4.69) is 15.8 Å². The summed E-state index contributed by atoms with van der Waals surface area (Å²) in [6, 6.07) is 7.17. The third kappa shape index (κ3) is 6.85. The summed E-state index contributed by atoms with van der Waals surface area (Å²) in [5, 5.41) is 9.19. The molecule has 0 fully saturated rings. The standard InChI is InChI=1S/C15H21N3O4/c1-11(18-22-10-15(20)16-8-9-21-3)13-4-6-14(7-5-13)17-12(2)19/h4-7H,8-10H2,1-3H3,(H,16,20)(H,17,19)/b18-11+. The van der Waals surface area contributed by atoms with Gasteiger partial charge in [-0.1, -0.05) is 17.3 Å². The van der Waals surface area contributed by atoms with E-state index in [1.165, 1.54) is 6.92 Å². The number of carbonyl (C=O) groups is 2. The number of nitrogens with zero attached hydrogens (tertiary/aromatic N) is 1. The number of rotatable bonds is 8. The van der Waals surface area contributed by atoms with Gasteiger partial charge in [0.05, 0.1) is 12.3 Å². The van der Waals surface area contributed by atoms with Crippen molar-refractivity contribution in [3.8, 4) is 0 Å². The number of carbonyl (C=O) groups excluding carboxylic acids is 2. The lowest BCUT2D eigenvalue weighted by molar-refractivity contribution is -0.125. The van der Waals surface area contributed by atoms with Gasteiger partial charge in [0.1, 0.15) is 0 Å². The van der Waals surface area contributed by atoms with Gasteiger partial charge >= 0.3 is 0 Å². The zero-order chi connectivity index (χ0) is 16.4. The summed E-state index contributed by atoms with van der Waals surface area (Å²) in [4.78, 5) is 27.3. The maximum absolute atomic E-state index is 11.4. The van der Waals surface area contributed by atoms with Crippen LogP contribution in [0.25, 0.3) is 0 Å². The summed E-state index contributed by atoms with van der Waals surface area (Å²) in [6.45, 7) is 3.97. The molecule has 0 aliphatic rings. The van der Waals surface area contributed by atoms with Crippen LogP contribution in [-0.4, -0.2) is 44.4 Å². The van der Waals surface area contributed by atoms with E-state index in [4.69, 9.17) is 9.57 Å². The molecule has 2 N–H and O–H groups in total. The fourth-order valence-electron chi connectivity index (χ4n) is 1.58. The highest BCUT2D eigenvalue weighted by atomic mass is 16.6. The number of methoxy groups -OCH3 is 1. The van der Waals surface area contributed by atoms with Gasteiger partial charge in [-0.05, 0) is 24.6 Å². The molecule has 0 aliphatic carbocycles. The van der Waals surface area contributed by atoms with Crippen molar-refractivity contribution in [2.45, 2.75) is 13.8 Å². The van der Waals surface area contributed by atoms with Gasteiger partial charge in [0.25, 0.3) is 5.91 Å². The van der Waals surface area contributed by atoms with Crippen molar-refractivity contribution in [3.63, 3.8) is 0 Å². The van der Waals surface area contributed by atoms with Gasteiger partial charge in [-0.25, -0.2) is 0 Å². The Morgan fingerprint density at radius 1 is 1.18 bits per heavy atom. The van der Waals surface area contributed by atoms with Gasteiger partial charge in [0, 0.05) is 26.3 Å². The first-order valence-electron chi connectivity index (χ1n) is 6.83. The molecule has 7 nitrogen and oxygen atoms in total. The number of anilines is 1. The molecule has 0 aromatic heterocycles. The Morgan fingerprint density at radius 2 is 1.86 bits per heavy atom. The first-order chi connectivity index (χ1) is 10.5. The van der Waals surface area contributed by atoms with Crippen molar-refractivity contribution in [1.29, 1.82) is 0 Å². The summed E-state index contributed by atoms with van der Waals surface area (Å²) >= 11 is 0. The summed E-state index contributed by atoms with van der Waals surface area (Å²) in [6.07, 6.45) is 0. The number of hydrogen-bond donors (Lipinski definition) is 2. The number of nitrogens with one attached hydrogen (secondary N) is 2. The monoisotopic (exact) mass is 307 g/mol. The predicted molar refractivity (Wildman–Crippen MR) is 83.8 cm³/mol. The molecular formula is C15H21N3O4. The molecule has 0 spiro atoms. The Kier molecular flexibility index (Phi) is 7.63. The summed E-state index contributed by atoms with van der Waals surface area (Å²) in [5.41, 5.74) is 2.19. The number of amides is 2. The molecule has 7 heteroatoms. The van der Waals surface area contributed by atoms with Crippen molar-refractivity contribution in [1.82, 2.24) is 5.32 Å². The maximum Gasteiger partial charge on any atom is 0.260 e. The van der Waals surface area contributed by atoms with E-state index < -0.39 is 0 Å². The van der Waals surface area contributed by atoms with E-state index in [-0.39, 0.29) is 18.4 Å². The van der Waals surface area contributed by atoms with Crippen LogP contribution in [0.3, 0.4) is 0 Å². The lowest BCUT2D eigenvalue weighted by atomic mass is 10.1. The van der Waals surface area contributed by atoms with Crippen LogP contribution in [0, 0.1) is 0 Å². The second-order valence-corrected chi connectivity index (χ2v) is 4.55. The number of ether oxygens (including phenoxy) is 1. The third-order valence-electron chi connectivity index (χ3n) is 2.65.